The van der Waals surface area contributed by atoms with E-state index in [2.05, 4.69) is 62.4 Å². The molecule has 98 valence electrons. The maximum Gasteiger partial charge on any atom is 0.0345 e. The van der Waals surface area contributed by atoms with Crippen molar-refractivity contribution in [2.24, 2.45) is 0 Å². The van der Waals surface area contributed by atoms with E-state index >= 15 is 0 Å². The van der Waals surface area contributed by atoms with Crippen molar-refractivity contribution in [1.82, 2.24) is 0 Å². The topological polar surface area (TPSA) is 0 Å². The fourth-order valence-electron chi connectivity index (χ4n) is 3.08. The smallest absolute Gasteiger partial charge is 0.0345 e. The van der Waals surface area contributed by atoms with E-state index < -0.39 is 0 Å². The summed E-state index contributed by atoms with van der Waals surface area (Å²) in [5, 5.41) is 0. The zero-order valence-corrected chi connectivity index (χ0v) is 12.6. The summed E-state index contributed by atoms with van der Waals surface area (Å²) in [5.41, 5.74) is 8.47. The Hall–Kier alpha value is -1.86. The number of aryl methyl sites for hydroxylation is 2. The van der Waals surface area contributed by atoms with Gasteiger partial charge in [0.15, 0.2) is 0 Å². The predicted molar refractivity (Wildman–Crippen MR) is 87.5 cm³/mol. The molecule has 0 saturated heterocycles. The van der Waals surface area contributed by atoms with Crippen LogP contribution in [0, 0.1) is 13.8 Å². The molecule has 1 heterocycles. The second kappa shape index (κ2) is 4.32. The molecule has 0 N–H and O–H groups in total. The van der Waals surface area contributed by atoms with Gasteiger partial charge in [0, 0.05) is 9.75 Å². The van der Waals surface area contributed by atoms with Gasteiger partial charge in [0.05, 0.1) is 0 Å². The average molecular weight is 276 g/mol. The number of thiophene rings is 1. The fourth-order valence-corrected chi connectivity index (χ4v) is 3.95. The Morgan fingerprint density at radius 1 is 0.800 bits per heavy atom. The van der Waals surface area contributed by atoms with Gasteiger partial charge in [0.25, 0.3) is 0 Å². The van der Waals surface area contributed by atoms with E-state index in [1.807, 2.05) is 11.3 Å². The Labute approximate surface area is 123 Å². The summed E-state index contributed by atoms with van der Waals surface area (Å²) in [5.74, 6) is 0. The van der Waals surface area contributed by atoms with E-state index in [9.17, 15) is 0 Å². The van der Waals surface area contributed by atoms with Gasteiger partial charge in [-0.15, -0.1) is 11.3 Å². The van der Waals surface area contributed by atoms with Crippen LogP contribution in [0.1, 0.15) is 21.6 Å². The summed E-state index contributed by atoms with van der Waals surface area (Å²) in [7, 11) is 0. The van der Waals surface area contributed by atoms with Gasteiger partial charge in [0.1, 0.15) is 0 Å². The quantitative estimate of drug-likeness (QED) is 0.424. The Kier molecular flexibility index (Phi) is 2.58. The van der Waals surface area contributed by atoms with Gasteiger partial charge in [-0.25, -0.2) is 0 Å². The third-order valence-corrected chi connectivity index (χ3v) is 5.11. The van der Waals surface area contributed by atoms with Gasteiger partial charge in [-0.05, 0) is 66.3 Å². The van der Waals surface area contributed by atoms with Crippen molar-refractivity contribution in [1.29, 1.82) is 0 Å². The first-order chi connectivity index (χ1) is 9.70. The van der Waals surface area contributed by atoms with Gasteiger partial charge >= 0.3 is 0 Å². The molecule has 0 spiro atoms. The van der Waals surface area contributed by atoms with Crippen molar-refractivity contribution in [2.45, 2.75) is 20.3 Å². The van der Waals surface area contributed by atoms with E-state index in [-0.39, 0.29) is 0 Å². The van der Waals surface area contributed by atoms with Crippen LogP contribution in [0.2, 0.25) is 0 Å². The molecule has 1 aromatic heterocycles. The van der Waals surface area contributed by atoms with E-state index in [1.165, 1.54) is 43.1 Å². The van der Waals surface area contributed by atoms with E-state index in [0.717, 1.165) is 6.42 Å². The van der Waals surface area contributed by atoms with Crippen molar-refractivity contribution in [3.8, 4) is 21.6 Å². The number of rotatable bonds is 1. The van der Waals surface area contributed by atoms with Crippen LogP contribution in [-0.4, -0.2) is 0 Å². The van der Waals surface area contributed by atoms with Crippen LogP contribution in [0.5, 0.6) is 0 Å². The van der Waals surface area contributed by atoms with Gasteiger partial charge in [-0.1, -0.05) is 35.9 Å². The third kappa shape index (κ3) is 1.82. The monoisotopic (exact) mass is 276 g/mol. The Bertz CT molecular complexity index is 808. The number of hydrogen-bond acceptors (Lipinski definition) is 1. The second-order valence-electron chi connectivity index (χ2n) is 5.62. The van der Waals surface area contributed by atoms with Crippen LogP contribution in [0.4, 0.5) is 0 Å². The van der Waals surface area contributed by atoms with Crippen molar-refractivity contribution in [3.05, 3.63) is 70.1 Å². The summed E-state index contributed by atoms with van der Waals surface area (Å²) in [6, 6.07) is 18.2. The van der Waals surface area contributed by atoms with Gasteiger partial charge in [0.2, 0.25) is 0 Å². The molecule has 1 heteroatoms. The molecule has 0 radical (unpaired) electrons. The molecule has 0 aliphatic heterocycles. The summed E-state index contributed by atoms with van der Waals surface area (Å²) >= 11 is 1.87. The fraction of sp³-hybridized carbons (Fsp3) is 0.158. The van der Waals surface area contributed by atoms with Crippen molar-refractivity contribution >= 4 is 11.3 Å². The van der Waals surface area contributed by atoms with Crippen LogP contribution in [0.15, 0.2) is 48.5 Å². The third-order valence-electron chi connectivity index (χ3n) is 4.06. The minimum atomic E-state index is 1.07. The lowest BCUT2D eigenvalue weighted by Crippen LogP contribution is -1.82. The number of benzene rings is 2. The molecule has 3 aromatic rings. The Morgan fingerprint density at radius 3 is 2.30 bits per heavy atom. The maximum absolute atomic E-state index is 2.37. The first kappa shape index (κ1) is 11.9. The molecular weight excluding hydrogens is 260 g/mol. The minimum Gasteiger partial charge on any atom is -0.141 e. The molecular formula is C19H16S. The molecule has 0 bridgehead atoms. The van der Waals surface area contributed by atoms with Crippen molar-refractivity contribution in [2.75, 3.05) is 0 Å². The molecule has 2 aromatic carbocycles. The number of hydrogen-bond donors (Lipinski definition) is 0. The van der Waals surface area contributed by atoms with Gasteiger partial charge in [-0.2, -0.15) is 0 Å². The molecule has 1 aliphatic rings. The molecule has 1 aliphatic carbocycles. The maximum atomic E-state index is 2.37. The standard InChI is InChI=1S/C19H16S/c1-12-3-6-17-15(9-12)11-16-10-14(5-7-18(16)17)19-8-4-13(2)20-19/h3-10H,11H2,1-2H3. The molecule has 4 rings (SSSR count). The summed E-state index contributed by atoms with van der Waals surface area (Å²) in [6.07, 6.45) is 1.07. The zero-order valence-electron chi connectivity index (χ0n) is 11.7. The second-order valence-corrected chi connectivity index (χ2v) is 6.91. The highest BCUT2D eigenvalue weighted by Crippen LogP contribution is 2.39. The molecule has 0 amide bonds. The zero-order chi connectivity index (χ0) is 13.7. The summed E-state index contributed by atoms with van der Waals surface area (Å²) in [4.78, 5) is 2.75. The van der Waals surface area contributed by atoms with E-state index in [0.29, 0.717) is 0 Å². The Balaban J connectivity index is 1.82. The van der Waals surface area contributed by atoms with Crippen molar-refractivity contribution in [3.63, 3.8) is 0 Å². The van der Waals surface area contributed by atoms with Crippen LogP contribution in [0.3, 0.4) is 0 Å². The van der Waals surface area contributed by atoms with Crippen LogP contribution >= 0.6 is 11.3 Å². The lowest BCUT2D eigenvalue weighted by atomic mass is 10.0. The highest BCUT2D eigenvalue weighted by molar-refractivity contribution is 7.15. The molecule has 0 atom stereocenters. The first-order valence-corrected chi connectivity index (χ1v) is 7.82. The van der Waals surface area contributed by atoms with Crippen LogP contribution < -0.4 is 0 Å². The van der Waals surface area contributed by atoms with Gasteiger partial charge < -0.3 is 0 Å². The largest absolute Gasteiger partial charge is 0.141 e. The van der Waals surface area contributed by atoms with Gasteiger partial charge in [-0.3, -0.25) is 0 Å². The lowest BCUT2D eigenvalue weighted by molar-refractivity contribution is 1.25. The number of fused-ring (bicyclic) bond motifs is 3. The normalized spacial score (nSPS) is 12.3. The molecule has 0 nitrogen and oxygen atoms in total. The predicted octanol–water partition coefficient (Wildman–Crippen LogP) is 5.60. The average Bonchev–Trinajstić information content (AvgIpc) is 3.00. The highest BCUT2D eigenvalue weighted by atomic mass is 32.1. The minimum absolute atomic E-state index is 1.07. The van der Waals surface area contributed by atoms with E-state index in [4.69, 9.17) is 0 Å². The summed E-state index contributed by atoms with van der Waals surface area (Å²) in [6.45, 7) is 4.34. The van der Waals surface area contributed by atoms with Crippen molar-refractivity contribution < 1.29 is 0 Å². The molecule has 0 saturated carbocycles. The molecule has 20 heavy (non-hydrogen) atoms. The molecule has 0 unspecified atom stereocenters. The van der Waals surface area contributed by atoms with Crippen LogP contribution in [0.25, 0.3) is 21.6 Å². The first-order valence-electron chi connectivity index (χ1n) is 7.00. The summed E-state index contributed by atoms with van der Waals surface area (Å²) < 4.78 is 0. The molecule has 0 fully saturated rings. The Morgan fingerprint density at radius 2 is 1.55 bits per heavy atom. The highest BCUT2D eigenvalue weighted by Gasteiger charge is 2.18. The van der Waals surface area contributed by atoms with E-state index in [1.54, 1.807) is 0 Å². The SMILES string of the molecule is Cc1ccc2c(c1)Cc1cc(-c3ccc(C)s3)ccc1-2. The van der Waals surface area contributed by atoms with Crippen LogP contribution in [-0.2, 0) is 6.42 Å². The lowest BCUT2D eigenvalue weighted by Gasteiger charge is -2.04.